The van der Waals surface area contributed by atoms with E-state index in [-0.39, 0.29) is 5.76 Å². The highest BCUT2D eigenvalue weighted by Gasteiger charge is 2.04. The Bertz CT molecular complexity index is 190. The third kappa shape index (κ3) is 1.31. The molecule has 9 heavy (non-hydrogen) atoms. The maximum atomic E-state index is 8.50. The Morgan fingerprint density at radius 1 is 1.44 bits per heavy atom. The van der Waals surface area contributed by atoms with Gasteiger partial charge in [0.1, 0.15) is 5.76 Å². The maximum Gasteiger partial charge on any atom is 0.212 e. The molecular weight excluding hydrogens is 120 g/mol. The fraction of sp³-hybridized carbons (Fsp3) is 0.333. The van der Waals surface area contributed by atoms with Crippen LogP contribution in [0.2, 0.25) is 0 Å². The predicted molar refractivity (Wildman–Crippen MR) is 30.6 cm³/mol. The molecule has 0 bridgehead atoms. The minimum Gasteiger partial charge on any atom is -0.461 e. The first kappa shape index (κ1) is 6.32. The van der Waals surface area contributed by atoms with Crippen molar-refractivity contribution in [1.82, 2.24) is 0 Å². The average Bonchev–Trinajstić information content (AvgIpc) is 2.14. The first-order chi connectivity index (χ1) is 4.20. The summed E-state index contributed by atoms with van der Waals surface area (Å²) in [5, 5.41) is 17.0. The fourth-order valence-electron chi connectivity index (χ4n) is 0.592. The van der Waals surface area contributed by atoms with Gasteiger partial charge >= 0.3 is 0 Å². The summed E-state index contributed by atoms with van der Waals surface area (Å²) in [6.45, 7) is 1.74. The second kappa shape index (κ2) is 2.21. The van der Waals surface area contributed by atoms with E-state index in [2.05, 4.69) is 0 Å². The van der Waals surface area contributed by atoms with Gasteiger partial charge in [-0.25, -0.2) is 0 Å². The van der Waals surface area contributed by atoms with E-state index in [0.29, 0.717) is 5.76 Å². The molecule has 2 N–H and O–H groups in total. The average molecular weight is 128 g/mol. The minimum atomic E-state index is -1.49. The monoisotopic (exact) mass is 128 g/mol. The van der Waals surface area contributed by atoms with Gasteiger partial charge < -0.3 is 14.6 Å². The van der Waals surface area contributed by atoms with Crippen molar-refractivity contribution in [3.05, 3.63) is 23.7 Å². The van der Waals surface area contributed by atoms with Crippen LogP contribution in [0.1, 0.15) is 17.8 Å². The van der Waals surface area contributed by atoms with E-state index in [1.54, 1.807) is 13.0 Å². The van der Waals surface area contributed by atoms with E-state index in [1.165, 1.54) is 6.07 Å². The molecule has 0 aliphatic carbocycles. The van der Waals surface area contributed by atoms with Gasteiger partial charge in [0.15, 0.2) is 5.76 Å². The Morgan fingerprint density at radius 3 is 2.33 bits per heavy atom. The summed E-state index contributed by atoms with van der Waals surface area (Å²) in [7, 11) is 0. The van der Waals surface area contributed by atoms with Crippen LogP contribution in [0.25, 0.3) is 0 Å². The quantitative estimate of drug-likeness (QED) is 0.543. The van der Waals surface area contributed by atoms with E-state index in [4.69, 9.17) is 14.6 Å². The molecule has 0 saturated heterocycles. The lowest BCUT2D eigenvalue weighted by atomic mass is 10.4. The van der Waals surface area contributed by atoms with E-state index in [9.17, 15) is 0 Å². The summed E-state index contributed by atoms with van der Waals surface area (Å²) >= 11 is 0. The van der Waals surface area contributed by atoms with Crippen LogP contribution >= 0.6 is 0 Å². The number of aryl methyl sites for hydroxylation is 1. The second-order valence-corrected chi connectivity index (χ2v) is 1.82. The third-order valence-electron chi connectivity index (χ3n) is 1.02. The summed E-state index contributed by atoms with van der Waals surface area (Å²) in [4.78, 5) is 0. The molecule has 0 spiro atoms. The first-order valence-corrected chi connectivity index (χ1v) is 2.62. The first-order valence-electron chi connectivity index (χ1n) is 2.62. The summed E-state index contributed by atoms with van der Waals surface area (Å²) in [6.07, 6.45) is -1.49. The highest BCUT2D eigenvalue weighted by molar-refractivity contribution is 5.05. The Labute approximate surface area is 52.5 Å². The SMILES string of the molecule is Cc1ccc(C(O)O)o1. The minimum absolute atomic E-state index is 0.188. The van der Waals surface area contributed by atoms with E-state index in [1.807, 2.05) is 0 Å². The van der Waals surface area contributed by atoms with Crippen LogP contribution in [-0.2, 0) is 0 Å². The molecule has 3 nitrogen and oxygen atoms in total. The second-order valence-electron chi connectivity index (χ2n) is 1.82. The summed E-state index contributed by atoms with van der Waals surface area (Å²) < 4.78 is 4.84. The number of furan rings is 1. The molecule has 0 fully saturated rings. The lowest BCUT2D eigenvalue weighted by Crippen LogP contribution is -1.90. The molecule has 0 aliphatic rings. The molecule has 0 atom stereocenters. The van der Waals surface area contributed by atoms with Crippen molar-refractivity contribution < 1.29 is 14.6 Å². The normalized spacial score (nSPS) is 10.7. The van der Waals surface area contributed by atoms with Gasteiger partial charge in [-0.05, 0) is 19.1 Å². The maximum absolute atomic E-state index is 8.50. The Balaban J connectivity index is 2.85. The van der Waals surface area contributed by atoms with E-state index < -0.39 is 6.29 Å². The molecule has 3 heteroatoms. The van der Waals surface area contributed by atoms with Crippen molar-refractivity contribution in [2.75, 3.05) is 0 Å². The Hall–Kier alpha value is -0.800. The largest absolute Gasteiger partial charge is 0.461 e. The van der Waals surface area contributed by atoms with Gasteiger partial charge in [-0.2, -0.15) is 0 Å². The lowest BCUT2D eigenvalue weighted by molar-refractivity contribution is -0.0584. The van der Waals surface area contributed by atoms with Crippen LogP contribution < -0.4 is 0 Å². The van der Waals surface area contributed by atoms with Crippen LogP contribution in [-0.4, -0.2) is 10.2 Å². The van der Waals surface area contributed by atoms with Gasteiger partial charge in [0.25, 0.3) is 0 Å². The number of aliphatic hydroxyl groups excluding tert-OH is 1. The topological polar surface area (TPSA) is 53.6 Å². The van der Waals surface area contributed by atoms with Crippen LogP contribution in [0.4, 0.5) is 0 Å². The van der Waals surface area contributed by atoms with Gasteiger partial charge in [0.2, 0.25) is 6.29 Å². The van der Waals surface area contributed by atoms with Crippen LogP contribution in [0.15, 0.2) is 16.5 Å². The lowest BCUT2D eigenvalue weighted by Gasteiger charge is -1.94. The van der Waals surface area contributed by atoms with E-state index >= 15 is 0 Å². The molecule has 1 heterocycles. The molecule has 50 valence electrons. The van der Waals surface area contributed by atoms with Crippen molar-refractivity contribution in [2.24, 2.45) is 0 Å². The highest BCUT2D eigenvalue weighted by atomic mass is 16.5. The van der Waals surface area contributed by atoms with Gasteiger partial charge in [-0.3, -0.25) is 0 Å². The molecule has 0 radical (unpaired) electrons. The number of aliphatic hydroxyl groups is 2. The predicted octanol–water partition coefficient (Wildman–Crippen LogP) is 0.571. The molecule has 1 rings (SSSR count). The van der Waals surface area contributed by atoms with Crippen molar-refractivity contribution in [2.45, 2.75) is 13.2 Å². The Morgan fingerprint density at radius 2 is 2.11 bits per heavy atom. The summed E-state index contributed by atoms with van der Waals surface area (Å²) in [5.41, 5.74) is 0. The molecule has 0 saturated carbocycles. The third-order valence-corrected chi connectivity index (χ3v) is 1.02. The van der Waals surface area contributed by atoms with E-state index in [0.717, 1.165) is 0 Å². The summed E-state index contributed by atoms with van der Waals surface area (Å²) in [6, 6.07) is 3.20. The fourth-order valence-corrected chi connectivity index (χ4v) is 0.592. The van der Waals surface area contributed by atoms with Crippen molar-refractivity contribution >= 4 is 0 Å². The van der Waals surface area contributed by atoms with Gasteiger partial charge in [-0.15, -0.1) is 0 Å². The smallest absolute Gasteiger partial charge is 0.212 e. The molecule has 1 aromatic rings. The molecule has 0 unspecified atom stereocenters. The zero-order valence-electron chi connectivity index (χ0n) is 5.03. The van der Waals surface area contributed by atoms with Crippen LogP contribution in [0, 0.1) is 6.92 Å². The molecule has 0 aromatic carbocycles. The highest BCUT2D eigenvalue weighted by Crippen LogP contribution is 2.12. The van der Waals surface area contributed by atoms with Crippen molar-refractivity contribution in [1.29, 1.82) is 0 Å². The van der Waals surface area contributed by atoms with Gasteiger partial charge in [-0.1, -0.05) is 0 Å². The molecule has 1 aromatic heterocycles. The number of hydrogen-bond acceptors (Lipinski definition) is 3. The van der Waals surface area contributed by atoms with Gasteiger partial charge in [0, 0.05) is 0 Å². The zero-order chi connectivity index (χ0) is 6.85. The number of hydrogen-bond donors (Lipinski definition) is 2. The van der Waals surface area contributed by atoms with Crippen LogP contribution in [0.3, 0.4) is 0 Å². The zero-order valence-corrected chi connectivity index (χ0v) is 5.03. The van der Waals surface area contributed by atoms with Crippen molar-refractivity contribution in [3.63, 3.8) is 0 Å². The van der Waals surface area contributed by atoms with Crippen LogP contribution in [0.5, 0.6) is 0 Å². The standard InChI is InChI=1S/C6H8O3/c1-4-2-3-5(9-4)6(7)8/h2-3,6-8H,1H3. The summed E-state index contributed by atoms with van der Waals surface area (Å²) in [5.74, 6) is 0.866. The Kier molecular flexibility index (Phi) is 1.55. The molecule has 0 amide bonds. The van der Waals surface area contributed by atoms with Gasteiger partial charge in [0.05, 0.1) is 0 Å². The van der Waals surface area contributed by atoms with Crippen molar-refractivity contribution in [3.8, 4) is 0 Å². The molecule has 0 aliphatic heterocycles. The molecular formula is C6H8O3. The number of rotatable bonds is 1.